The molecule has 70 valence electrons. The zero-order chi connectivity index (χ0) is 9.47. The Bertz CT molecular complexity index is 288. The summed E-state index contributed by atoms with van der Waals surface area (Å²) in [7, 11) is 0. The van der Waals surface area contributed by atoms with E-state index in [1.165, 1.54) is 4.90 Å². The van der Waals surface area contributed by atoms with Crippen LogP contribution in [-0.4, -0.2) is 35.1 Å². The molecule has 0 aromatic rings. The third kappa shape index (κ3) is 1.04. The van der Waals surface area contributed by atoms with Gasteiger partial charge in [-0.2, -0.15) is 5.26 Å². The average molecular weight is 201 g/mol. The number of rotatable bonds is 0. The van der Waals surface area contributed by atoms with Gasteiger partial charge in [-0.3, -0.25) is 4.79 Å². The minimum absolute atomic E-state index is 0.316. The topological polar surface area (TPSA) is 53.3 Å². The van der Waals surface area contributed by atoms with Crippen LogP contribution in [-0.2, 0) is 9.53 Å². The first kappa shape index (κ1) is 8.79. The van der Waals surface area contributed by atoms with Crippen LogP contribution in [0.2, 0.25) is 0 Å². The van der Waals surface area contributed by atoms with Gasteiger partial charge in [-0.15, -0.1) is 0 Å². The van der Waals surface area contributed by atoms with Gasteiger partial charge in [-0.1, -0.05) is 11.6 Å². The van der Waals surface area contributed by atoms with Crippen molar-refractivity contribution < 1.29 is 9.53 Å². The second-order valence-corrected chi connectivity index (χ2v) is 3.85. The second kappa shape index (κ2) is 2.86. The quantitative estimate of drug-likeness (QED) is 0.422. The van der Waals surface area contributed by atoms with E-state index in [1.807, 2.05) is 0 Å². The fourth-order valence-electron chi connectivity index (χ4n) is 1.68. The molecule has 2 heterocycles. The van der Waals surface area contributed by atoms with Crippen molar-refractivity contribution in [1.29, 1.82) is 5.26 Å². The van der Waals surface area contributed by atoms with Crippen LogP contribution >= 0.6 is 11.6 Å². The summed E-state index contributed by atoms with van der Waals surface area (Å²) in [6, 6.07) is 1.80. The molecular weight excluding hydrogens is 192 g/mol. The highest BCUT2D eigenvalue weighted by Crippen LogP contribution is 2.38. The van der Waals surface area contributed by atoms with Gasteiger partial charge in [0.15, 0.2) is 6.23 Å². The highest BCUT2D eigenvalue weighted by molar-refractivity contribution is 6.40. The van der Waals surface area contributed by atoms with Crippen LogP contribution in [0.1, 0.15) is 12.8 Å². The van der Waals surface area contributed by atoms with Crippen molar-refractivity contribution in [3.8, 4) is 6.07 Å². The van der Waals surface area contributed by atoms with Crippen LogP contribution < -0.4 is 0 Å². The number of fused-ring (bicyclic) bond motifs is 1. The summed E-state index contributed by atoms with van der Waals surface area (Å²) in [4.78, 5) is 11.5. The molecule has 2 rings (SSSR count). The lowest BCUT2D eigenvalue weighted by atomic mass is 9.96. The zero-order valence-corrected chi connectivity index (χ0v) is 7.75. The number of halogens is 1. The van der Waals surface area contributed by atoms with E-state index in [0.717, 1.165) is 12.8 Å². The van der Waals surface area contributed by atoms with Gasteiger partial charge in [0.1, 0.15) is 6.07 Å². The molecule has 2 fully saturated rings. The normalized spacial score (nSPS) is 38.6. The van der Waals surface area contributed by atoms with Crippen LogP contribution in [0.4, 0.5) is 0 Å². The van der Waals surface area contributed by atoms with Gasteiger partial charge < -0.3 is 9.64 Å². The first-order valence-corrected chi connectivity index (χ1v) is 4.61. The lowest BCUT2D eigenvalue weighted by molar-refractivity contribution is -0.176. The number of alkyl halides is 1. The number of carbonyl (C=O) groups is 1. The summed E-state index contributed by atoms with van der Waals surface area (Å²) in [6.45, 7) is 1.23. The van der Waals surface area contributed by atoms with Crippen molar-refractivity contribution >= 4 is 17.5 Å². The number of nitrogens with zero attached hydrogens (tertiary/aromatic N) is 2. The van der Waals surface area contributed by atoms with Crippen molar-refractivity contribution in [2.24, 2.45) is 0 Å². The number of nitriles is 1. The number of hydrogen-bond acceptors (Lipinski definition) is 3. The second-order valence-electron chi connectivity index (χ2n) is 3.25. The maximum atomic E-state index is 11.4. The van der Waals surface area contributed by atoms with Gasteiger partial charge in [0, 0.05) is 13.2 Å². The van der Waals surface area contributed by atoms with E-state index in [1.54, 1.807) is 6.07 Å². The first-order chi connectivity index (χ1) is 6.20. The lowest BCUT2D eigenvalue weighted by Gasteiger charge is -2.46. The van der Waals surface area contributed by atoms with Crippen molar-refractivity contribution in [1.82, 2.24) is 4.90 Å². The number of hydrogen-bond donors (Lipinski definition) is 0. The van der Waals surface area contributed by atoms with Crippen LogP contribution in [0.25, 0.3) is 0 Å². The Hall–Kier alpha value is -0.790. The Morgan fingerprint density at radius 3 is 3.15 bits per heavy atom. The van der Waals surface area contributed by atoms with E-state index in [9.17, 15) is 4.79 Å². The summed E-state index contributed by atoms with van der Waals surface area (Å²) in [5.41, 5.74) is 0. The highest BCUT2D eigenvalue weighted by atomic mass is 35.5. The molecule has 2 aliphatic heterocycles. The van der Waals surface area contributed by atoms with Crippen molar-refractivity contribution in [3.63, 3.8) is 0 Å². The molecule has 4 nitrogen and oxygen atoms in total. The molecule has 2 saturated heterocycles. The number of amides is 1. The molecule has 0 aromatic heterocycles. The summed E-state index contributed by atoms with van der Waals surface area (Å²) in [5, 5.41) is 8.74. The van der Waals surface area contributed by atoms with Crippen LogP contribution in [0, 0.1) is 11.3 Å². The van der Waals surface area contributed by atoms with E-state index in [4.69, 9.17) is 21.6 Å². The van der Waals surface area contributed by atoms with Gasteiger partial charge in [0.2, 0.25) is 0 Å². The van der Waals surface area contributed by atoms with Gasteiger partial charge in [0.05, 0.1) is 0 Å². The molecule has 0 saturated carbocycles. The Labute approximate surface area is 81.0 Å². The third-order valence-corrected chi connectivity index (χ3v) is 2.86. The Balaban J connectivity index is 2.20. The zero-order valence-electron chi connectivity index (χ0n) is 6.99. The van der Waals surface area contributed by atoms with Crippen molar-refractivity contribution in [2.45, 2.75) is 23.9 Å². The Morgan fingerprint density at radius 2 is 2.46 bits per heavy atom. The molecule has 1 amide bonds. The van der Waals surface area contributed by atoms with Gasteiger partial charge in [0.25, 0.3) is 10.8 Å². The molecule has 13 heavy (non-hydrogen) atoms. The minimum atomic E-state index is -1.45. The smallest absolute Gasteiger partial charge is 0.265 e. The predicted octanol–water partition coefficient (Wildman–Crippen LogP) is 0.466. The number of β-lactam (4-membered cyclic amide) rings is 1. The standard InChI is InChI=1S/C8H9ClN2O2/c9-8(5-10)6(12)11-3-1-2-4-13-7(8)11/h7H,1-4H2. The maximum absolute atomic E-state index is 11.4. The summed E-state index contributed by atoms with van der Waals surface area (Å²) in [5.74, 6) is -0.316. The number of ether oxygens (including phenoxy) is 1. The summed E-state index contributed by atoms with van der Waals surface area (Å²) >= 11 is 5.81. The first-order valence-electron chi connectivity index (χ1n) is 4.23. The molecular formula is C8H9ClN2O2. The summed E-state index contributed by atoms with van der Waals surface area (Å²) in [6.07, 6.45) is 1.30. The molecule has 2 aliphatic rings. The minimum Gasteiger partial charge on any atom is -0.355 e. The monoisotopic (exact) mass is 200 g/mol. The fourth-order valence-corrected chi connectivity index (χ4v) is 1.96. The lowest BCUT2D eigenvalue weighted by Crippen LogP contribution is -2.70. The van der Waals surface area contributed by atoms with Gasteiger partial charge >= 0.3 is 0 Å². The number of carbonyl (C=O) groups excluding carboxylic acids is 1. The molecule has 0 spiro atoms. The molecule has 0 bridgehead atoms. The van der Waals surface area contributed by atoms with E-state index in [0.29, 0.717) is 13.2 Å². The van der Waals surface area contributed by atoms with Crippen LogP contribution in [0.3, 0.4) is 0 Å². The Kier molecular flexibility index (Phi) is 1.94. The maximum Gasteiger partial charge on any atom is 0.265 e. The molecule has 5 heteroatoms. The molecule has 0 radical (unpaired) electrons. The van der Waals surface area contributed by atoms with E-state index in [-0.39, 0.29) is 5.91 Å². The van der Waals surface area contributed by atoms with Crippen molar-refractivity contribution in [3.05, 3.63) is 0 Å². The molecule has 2 atom stereocenters. The fraction of sp³-hybridized carbons (Fsp3) is 0.750. The van der Waals surface area contributed by atoms with Gasteiger partial charge in [-0.25, -0.2) is 0 Å². The van der Waals surface area contributed by atoms with Crippen LogP contribution in [0.5, 0.6) is 0 Å². The Morgan fingerprint density at radius 1 is 1.69 bits per heavy atom. The SMILES string of the molecule is N#CC1(Cl)C(=O)N2CCCCOC21. The molecule has 0 aromatic carbocycles. The van der Waals surface area contributed by atoms with E-state index >= 15 is 0 Å². The molecule has 0 N–H and O–H groups in total. The van der Waals surface area contributed by atoms with Gasteiger partial charge in [-0.05, 0) is 12.8 Å². The summed E-state index contributed by atoms with van der Waals surface area (Å²) < 4.78 is 5.33. The largest absolute Gasteiger partial charge is 0.355 e. The average Bonchev–Trinajstić information content (AvgIpc) is 2.39. The van der Waals surface area contributed by atoms with E-state index in [2.05, 4.69) is 0 Å². The third-order valence-electron chi connectivity index (χ3n) is 2.43. The van der Waals surface area contributed by atoms with Crippen LogP contribution in [0.15, 0.2) is 0 Å². The van der Waals surface area contributed by atoms with E-state index < -0.39 is 11.1 Å². The molecule has 0 aliphatic carbocycles. The highest BCUT2D eigenvalue weighted by Gasteiger charge is 2.62. The van der Waals surface area contributed by atoms with Crippen molar-refractivity contribution in [2.75, 3.05) is 13.2 Å². The molecule has 2 unspecified atom stereocenters. The predicted molar refractivity (Wildman–Crippen MR) is 44.9 cm³/mol.